The third-order valence-electron chi connectivity index (χ3n) is 2.85. The number of piperidine rings is 1. The first-order chi connectivity index (χ1) is 7.13. The van der Waals surface area contributed by atoms with E-state index in [-0.39, 0.29) is 0 Å². The lowest BCUT2D eigenvalue weighted by molar-refractivity contribution is -0.133. The molecular weight excluding hydrogens is 188 g/mol. The van der Waals surface area contributed by atoms with Crippen molar-refractivity contribution < 1.29 is 4.79 Å². The van der Waals surface area contributed by atoms with Gasteiger partial charge in [0.25, 0.3) is 0 Å². The van der Waals surface area contributed by atoms with Gasteiger partial charge in [-0.15, -0.1) is 0 Å². The molecule has 0 bridgehead atoms. The number of carbonyl (C=O) groups is 1. The maximum Gasteiger partial charge on any atom is 0.222 e. The highest BCUT2D eigenvalue weighted by atomic mass is 16.2. The molecule has 0 aromatic carbocycles. The Labute approximate surface area is 93.2 Å². The molecule has 1 atom stereocenters. The first kappa shape index (κ1) is 12.5. The molecule has 0 radical (unpaired) electrons. The summed E-state index contributed by atoms with van der Waals surface area (Å²) in [7, 11) is 0. The van der Waals surface area contributed by atoms with Crippen LogP contribution >= 0.6 is 0 Å². The summed E-state index contributed by atoms with van der Waals surface area (Å²) in [5.41, 5.74) is 0. The van der Waals surface area contributed by atoms with E-state index < -0.39 is 0 Å². The molecule has 0 spiro atoms. The Bertz CT molecular complexity index is 202. The lowest BCUT2D eigenvalue weighted by Crippen LogP contribution is -2.48. The van der Waals surface area contributed by atoms with Crippen LogP contribution in [0.5, 0.6) is 0 Å². The molecule has 1 heterocycles. The lowest BCUT2D eigenvalue weighted by atomic mass is 10.0. The number of rotatable bonds is 4. The molecule has 0 saturated carbocycles. The Kier molecular flexibility index (Phi) is 5.09. The molecule has 88 valence electrons. The molecule has 15 heavy (non-hydrogen) atoms. The topological polar surface area (TPSA) is 32.3 Å². The summed E-state index contributed by atoms with van der Waals surface area (Å²) in [6.07, 6.45) is 3.04. The number of likely N-dealkylation sites (N-methyl/N-ethyl adjacent to an activating group) is 1. The van der Waals surface area contributed by atoms with Gasteiger partial charge in [0.1, 0.15) is 0 Å². The van der Waals surface area contributed by atoms with Gasteiger partial charge in [0.2, 0.25) is 5.91 Å². The summed E-state index contributed by atoms with van der Waals surface area (Å²) in [6, 6.07) is 0.514. The first-order valence-corrected chi connectivity index (χ1v) is 6.14. The molecule has 1 aliphatic rings. The van der Waals surface area contributed by atoms with Crippen LogP contribution in [0.4, 0.5) is 0 Å². The lowest BCUT2D eigenvalue weighted by Gasteiger charge is -2.33. The van der Waals surface area contributed by atoms with Crippen LogP contribution in [-0.4, -0.2) is 36.5 Å². The quantitative estimate of drug-likeness (QED) is 0.768. The fourth-order valence-electron chi connectivity index (χ4n) is 2.14. The monoisotopic (exact) mass is 212 g/mol. The first-order valence-electron chi connectivity index (χ1n) is 6.14. The maximum absolute atomic E-state index is 11.9. The highest BCUT2D eigenvalue weighted by molar-refractivity contribution is 5.76. The number of nitrogens with zero attached hydrogens (tertiary/aromatic N) is 1. The van der Waals surface area contributed by atoms with E-state index in [4.69, 9.17) is 0 Å². The Balaban J connectivity index is 2.38. The zero-order valence-corrected chi connectivity index (χ0v) is 10.3. The van der Waals surface area contributed by atoms with Gasteiger partial charge in [0.15, 0.2) is 0 Å². The molecular formula is C12H24N2O. The van der Waals surface area contributed by atoms with Crippen molar-refractivity contribution in [2.75, 3.05) is 19.6 Å². The van der Waals surface area contributed by atoms with Crippen LogP contribution in [-0.2, 0) is 4.79 Å². The third-order valence-corrected chi connectivity index (χ3v) is 2.85. The molecule has 1 N–H and O–H groups in total. The van der Waals surface area contributed by atoms with Gasteiger partial charge in [-0.1, -0.05) is 20.8 Å². The van der Waals surface area contributed by atoms with Gasteiger partial charge in [0.05, 0.1) is 0 Å². The third kappa shape index (κ3) is 4.20. The summed E-state index contributed by atoms with van der Waals surface area (Å²) in [6.45, 7) is 9.17. The fourth-order valence-corrected chi connectivity index (χ4v) is 2.14. The van der Waals surface area contributed by atoms with Crippen molar-refractivity contribution in [1.82, 2.24) is 10.2 Å². The van der Waals surface area contributed by atoms with Gasteiger partial charge >= 0.3 is 0 Å². The molecule has 0 aromatic heterocycles. The van der Waals surface area contributed by atoms with Crippen LogP contribution in [0.3, 0.4) is 0 Å². The summed E-state index contributed by atoms with van der Waals surface area (Å²) < 4.78 is 0. The highest BCUT2D eigenvalue weighted by Crippen LogP contribution is 2.13. The second-order valence-electron chi connectivity index (χ2n) is 4.83. The van der Waals surface area contributed by atoms with Crippen molar-refractivity contribution in [3.63, 3.8) is 0 Å². The normalized spacial score (nSPS) is 22.1. The Morgan fingerprint density at radius 2 is 2.27 bits per heavy atom. The van der Waals surface area contributed by atoms with Crippen LogP contribution in [0.15, 0.2) is 0 Å². The minimum Gasteiger partial charge on any atom is -0.341 e. The smallest absolute Gasteiger partial charge is 0.222 e. The summed E-state index contributed by atoms with van der Waals surface area (Å²) in [5.74, 6) is 0.796. The van der Waals surface area contributed by atoms with Crippen LogP contribution in [0.2, 0.25) is 0 Å². The molecule has 1 unspecified atom stereocenters. The molecule has 0 aliphatic carbocycles. The van der Waals surface area contributed by atoms with Crippen molar-refractivity contribution >= 4 is 5.91 Å². The zero-order valence-electron chi connectivity index (χ0n) is 10.3. The minimum atomic E-state index is 0.326. The van der Waals surface area contributed by atoms with E-state index in [2.05, 4.69) is 26.1 Å². The van der Waals surface area contributed by atoms with Crippen molar-refractivity contribution in [2.24, 2.45) is 5.92 Å². The molecule has 3 nitrogen and oxygen atoms in total. The van der Waals surface area contributed by atoms with E-state index in [1.54, 1.807) is 0 Å². The predicted molar refractivity (Wildman–Crippen MR) is 62.7 cm³/mol. The standard InChI is InChI=1S/C12H24N2O/c1-4-13-11-6-5-7-14(9-11)12(15)8-10(2)3/h10-11,13H,4-9H2,1-3H3. The number of carbonyl (C=O) groups excluding carboxylic acids is 1. The zero-order chi connectivity index (χ0) is 11.3. The molecule has 1 saturated heterocycles. The number of amides is 1. The summed E-state index contributed by atoms with van der Waals surface area (Å²) in [4.78, 5) is 13.9. The van der Waals surface area contributed by atoms with E-state index in [0.29, 0.717) is 24.3 Å². The van der Waals surface area contributed by atoms with E-state index in [1.807, 2.05) is 4.90 Å². The molecule has 1 aliphatic heterocycles. The Hall–Kier alpha value is -0.570. The number of hydrogen-bond acceptors (Lipinski definition) is 2. The van der Waals surface area contributed by atoms with Crippen LogP contribution in [0.1, 0.15) is 40.0 Å². The van der Waals surface area contributed by atoms with Crippen molar-refractivity contribution in [1.29, 1.82) is 0 Å². The number of hydrogen-bond donors (Lipinski definition) is 1. The molecule has 1 rings (SSSR count). The molecule has 1 amide bonds. The minimum absolute atomic E-state index is 0.326. The average Bonchev–Trinajstić information content (AvgIpc) is 2.17. The second kappa shape index (κ2) is 6.11. The van der Waals surface area contributed by atoms with Crippen molar-refractivity contribution in [2.45, 2.75) is 46.1 Å². The van der Waals surface area contributed by atoms with E-state index in [0.717, 1.165) is 26.1 Å². The van der Waals surface area contributed by atoms with E-state index >= 15 is 0 Å². The SMILES string of the molecule is CCNC1CCCN(C(=O)CC(C)C)C1. The second-order valence-corrected chi connectivity index (χ2v) is 4.83. The van der Waals surface area contributed by atoms with Crippen LogP contribution < -0.4 is 5.32 Å². The largest absolute Gasteiger partial charge is 0.341 e. The van der Waals surface area contributed by atoms with Crippen LogP contribution in [0, 0.1) is 5.92 Å². The van der Waals surface area contributed by atoms with Gasteiger partial charge in [-0.05, 0) is 25.3 Å². The van der Waals surface area contributed by atoms with Crippen LogP contribution in [0.25, 0.3) is 0 Å². The molecule has 1 fully saturated rings. The van der Waals surface area contributed by atoms with E-state index in [1.165, 1.54) is 6.42 Å². The average molecular weight is 212 g/mol. The number of nitrogens with one attached hydrogen (secondary N) is 1. The predicted octanol–water partition coefficient (Wildman–Crippen LogP) is 1.63. The fraction of sp³-hybridized carbons (Fsp3) is 0.917. The highest BCUT2D eigenvalue weighted by Gasteiger charge is 2.22. The van der Waals surface area contributed by atoms with Gasteiger partial charge in [-0.3, -0.25) is 4.79 Å². The summed E-state index contributed by atoms with van der Waals surface area (Å²) in [5, 5.41) is 3.43. The van der Waals surface area contributed by atoms with Gasteiger partial charge in [0, 0.05) is 25.6 Å². The van der Waals surface area contributed by atoms with Gasteiger partial charge < -0.3 is 10.2 Å². The van der Waals surface area contributed by atoms with E-state index in [9.17, 15) is 4.79 Å². The van der Waals surface area contributed by atoms with Gasteiger partial charge in [-0.25, -0.2) is 0 Å². The Morgan fingerprint density at radius 1 is 1.53 bits per heavy atom. The Morgan fingerprint density at radius 3 is 2.87 bits per heavy atom. The van der Waals surface area contributed by atoms with Gasteiger partial charge in [-0.2, -0.15) is 0 Å². The molecule has 3 heteroatoms. The number of likely N-dealkylation sites (tertiary alicyclic amines) is 1. The maximum atomic E-state index is 11.9. The summed E-state index contributed by atoms with van der Waals surface area (Å²) >= 11 is 0. The van der Waals surface area contributed by atoms with Crippen molar-refractivity contribution in [3.05, 3.63) is 0 Å². The molecule has 0 aromatic rings. The van der Waals surface area contributed by atoms with Crippen molar-refractivity contribution in [3.8, 4) is 0 Å².